The number of aliphatic imine (C=N–C) groups is 1. The van der Waals surface area contributed by atoms with E-state index in [1.54, 1.807) is 20.9 Å². The van der Waals surface area contributed by atoms with Crippen molar-refractivity contribution >= 4 is 15.8 Å². The van der Waals surface area contributed by atoms with Crippen LogP contribution in [0.3, 0.4) is 0 Å². The molecule has 2 N–H and O–H groups in total. The molecule has 7 heteroatoms. The highest BCUT2D eigenvalue weighted by Gasteiger charge is 2.30. The van der Waals surface area contributed by atoms with Gasteiger partial charge in [-0.1, -0.05) is 30.3 Å². The normalized spacial score (nSPS) is 19.5. The Morgan fingerprint density at radius 2 is 1.96 bits per heavy atom. The second kappa shape index (κ2) is 8.86. The van der Waals surface area contributed by atoms with Crippen LogP contribution in [0.1, 0.15) is 32.3 Å². The van der Waals surface area contributed by atoms with Gasteiger partial charge in [0.1, 0.15) is 0 Å². The minimum absolute atomic E-state index is 0.323. The summed E-state index contributed by atoms with van der Waals surface area (Å²) < 4.78 is 22.8. The Morgan fingerprint density at radius 1 is 1.27 bits per heavy atom. The zero-order valence-electron chi connectivity index (χ0n) is 16.3. The first kappa shape index (κ1) is 20.7. The number of hydrogen-bond acceptors (Lipinski definition) is 4. The van der Waals surface area contributed by atoms with Crippen LogP contribution in [0.4, 0.5) is 0 Å². The molecule has 6 nitrogen and oxygen atoms in total. The van der Waals surface area contributed by atoms with Gasteiger partial charge in [0.25, 0.3) is 0 Å². The lowest BCUT2D eigenvalue weighted by atomic mass is 10.2. The fourth-order valence-corrected chi connectivity index (χ4v) is 3.35. The first-order valence-corrected chi connectivity index (χ1v) is 11.0. The van der Waals surface area contributed by atoms with Gasteiger partial charge in [-0.25, -0.2) is 8.42 Å². The van der Waals surface area contributed by atoms with Crippen LogP contribution in [0.25, 0.3) is 0 Å². The minimum atomic E-state index is -3.13. The number of hydrogen-bond donors (Lipinski definition) is 2. The molecule has 1 atom stereocenters. The van der Waals surface area contributed by atoms with Crippen LogP contribution in [0.2, 0.25) is 0 Å². The first-order valence-electron chi connectivity index (χ1n) is 9.15. The molecule has 0 bridgehead atoms. The summed E-state index contributed by atoms with van der Waals surface area (Å²) in [6.45, 7) is 6.63. The van der Waals surface area contributed by atoms with E-state index in [0.717, 1.165) is 26.1 Å². The monoisotopic (exact) mass is 380 g/mol. The van der Waals surface area contributed by atoms with Gasteiger partial charge in [-0.05, 0) is 38.8 Å². The van der Waals surface area contributed by atoms with E-state index in [4.69, 9.17) is 0 Å². The van der Waals surface area contributed by atoms with Crippen molar-refractivity contribution in [3.05, 3.63) is 35.9 Å². The highest BCUT2D eigenvalue weighted by Crippen LogP contribution is 2.19. The lowest BCUT2D eigenvalue weighted by Crippen LogP contribution is -2.50. The van der Waals surface area contributed by atoms with Gasteiger partial charge in [0.15, 0.2) is 15.8 Å². The molecule has 2 rings (SSSR count). The molecule has 1 aliphatic rings. The minimum Gasteiger partial charge on any atom is -0.355 e. The average molecular weight is 381 g/mol. The second-order valence-electron chi connectivity index (χ2n) is 7.59. The molecule has 0 radical (unpaired) electrons. The maximum Gasteiger partial charge on any atom is 0.191 e. The summed E-state index contributed by atoms with van der Waals surface area (Å²) in [6.07, 6.45) is 3.63. The Balaban J connectivity index is 1.85. The summed E-state index contributed by atoms with van der Waals surface area (Å²) in [5, 5.41) is 6.50. The lowest BCUT2D eigenvalue weighted by molar-refractivity contribution is 0.245. The number of benzene rings is 1. The van der Waals surface area contributed by atoms with Gasteiger partial charge in [-0.2, -0.15) is 0 Å². The largest absolute Gasteiger partial charge is 0.355 e. The molecular formula is C19H32N4O2S. The Hall–Kier alpha value is -1.60. The van der Waals surface area contributed by atoms with Gasteiger partial charge in [-0.3, -0.25) is 9.89 Å². The summed E-state index contributed by atoms with van der Waals surface area (Å²) in [5.41, 5.74) is 1.33. The third-order valence-corrected chi connectivity index (χ3v) is 7.29. The summed E-state index contributed by atoms with van der Waals surface area (Å²) in [7, 11) is -1.43. The van der Waals surface area contributed by atoms with Gasteiger partial charge in [0.05, 0.1) is 4.75 Å². The van der Waals surface area contributed by atoms with E-state index in [1.807, 2.05) is 6.07 Å². The summed E-state index contributed by atoms with van der Waals surface area (Å²) in [6, 6.07) is 11.0. The maximum absolute atomic E-state index is 11.8. The Morgan fingerprint density at radius 3 is 2.58 bits per heavy atom. The zero-order valence-corrected chi connectivity index (χ0v) is 17.1. The van der Waals surface area contributed by atoms with Crippen molar-refractivity contribution in [3.63, 3.8) is 0 Å². The lowest BCUT2D eigenvalue weighted by Gasteiger charge is -2.27. The molecular weight excluding hydrogens is 348 g/mol. The molecule has 1 heterocycles. The first-order chi connectivity index (χ1) is 12.2. The number of likely N-dealkylation sites (tertiary alicyclic amines) is 1. The topological polar surface area (TPSA) is 73.8 Å². The van der Waals surface area contributed by atoms with E-state index in [2.05, 4.69) is 44.8 Å². The number of nitrogens with zero attached hydrogens (tertiary/aromatic N) is 2. The van der Waals surface area contributed by atoms with Gasteiger partial charge in [-0.15, -0.1) is 0 Å². The Kier molecular flexibility index (Phi) is 7.06. The number of sulfone groups is 1. The third-order valence-electron chi connectivity index (χ3n) is 5.14. The standard InChI is InChI=1S/C19H32N4O2S/c1-19(2,26(4,24)25)15-22-18(20-3)21-13-17-11-8-12-23(17)14-16-9-6-5-7-10-16/h5-7,9-10,17H,8,11-15H2,1-4H3,(H2,20,21,22). The van der Waals surface area contributed by atoms with Crippen LogP contribution in [0.5, 0.6) is 0 Å². The molecule has 1 aliphatic heterocycles. The molecule has 26 heavy (non-hydrogen) atoms. The fourth-order valence-electron chi connectivity index (χ4n) is 3.02. The van der Waals surface area contributed by atoms with Gasteiger partial charge >= 0.3 is 0 Å². The summed E-state index contributed by atoms with van der Waals surface area (Å²) in [5.74, 6) is 0.647. The van der Waals surface area contributed by atoms with Crippen molar-refractivity contribution in [2.75, 3.05) is 32.9 Å². The van der Waals surface area contributed by atoms with Crippen molar-refractivity contribution < 1.29 is 8.42 Å². The van der Waals surface area contributed by atoms with Crippen LogP contribution < -0.4 is 10.6 Å². The fraction of sp³-hybridized carbons (Fsp3) is 0.632. The maximum atomic E-state index is 11.8. The molecule has 0 saturated carbocycles. The predicted molar refractivity (Wildman–Crippen MR) is 108 cm³/mol. The van der Waals surface area contributed by atoms with Gasteiger partial charge < -0.3 is 10.6 Å². The van der Waals surface area contributed by atoms with E-state index in [0.29, 0.717) is 18.5 Å². The van der Waals surface area contributed by atoms with Crippen LogP contribution >= 0.6 is 0 Å². The van der Waals surface area contributed by atoms with Crippen LogP contribution in [0, 0.1) is 0 Å². The van der Waals surface area contributed by atoms with E-state index in [-0.39, 0.29) is 0 Å². The van der Waals surface area contributed by atoms with Gasteiger partial charge in [0, 0.05) is 39.0 Å². The van der Waals surface area contributed by atoms with Crippen LogP contribution in [-0.4, -0.2) is 63.0 Å². The average Bonchev–Trinajstić information content (AvgIpc) is 3.02. The number of nitrogens with one attached hydrogen (secondary N) is 2. The number of rotatable bonds is 7. The van der Waals surface area contributed by atoms with Crippen LogP contribution in [0.15, 0.2) is 35.3 Å². The summed E-state index contributed by atoms with van der Waals surface area (Å²) in [4.78, 5) is 6.72. The number of guanidine groups is 1. The van der Waals surface area contributed by atoms with Crippen molar-refractivity contribution in [3.8, 4) is 0 Å². The zero-order chi connectivity index (χ0) is 19.2. The van der Waals surface area contributed by atoms with Crippen molar-refractivity contribution in [2.45, 2.75) is 44.0 Å². The molecule has 146 valence electrons. The molecule has 1 fully saturated rings. The van der Waals surface area contributed by atoms with Crippen molar-refractivity contribution in [1.29, 1.82) is 0 Å². The quantitative estimate of drug-likeness (QED) is 0.556. The van der Waals surface area contributed by atoms with E-state index >= 15 is 0 Å². The van der Waals surface area contributed by atoms with E-state index in [1.165, 1.54) is 18.2 Å². The summed E-state index contributed by atoms with van der Waals surface area (Å²) >= 11 is 0. The van der Waals surface area contributed by atoms with Crippen LogP contribution in [-0.2, 0) is 16.4 Å². The third kappa shape index (κ3) is 5.71. The van der Waals surface area contributed by atoms with Gasteiger partial charge in [0.2, 0.25) is 0 Å². The predicted octanol–water partition coefficient (Wildman–Crippen LogP) is 1.64. The van der Waals surface area contributed by atoms with E-state index < -0.39 is 14.6 Å². The molecule has 0 aliphatic carbocycles. The van der Waals surface area contributed by atoms with Crippen molar-refractivity contribution in [1.82, 2.24) is 15.5 Å². The molecule has 1 aromatic rings. The second-order valence-corrected chi connectivity index (χ2v) is 10.2. The molecule has 0 aromatic heterocycles. The Bertz CT molecular complexity index is 702. The molecule has 0 amide bonds. The smallest absolute Gasteiger partial charge is 0.191 e. The molecule has 0 spiro atoms. The van der Waals surface area contributed by atoms with E-state index in [9.17, 15) is 8.42 Å². The molecule has 1 aromatic carbocycles. The SMILES string of the molecule is CN=C(NCC1CCCN1Cc1ccccc1)NCC(C)(C)S(C)(=O)=O. The highest BCUT2D eigenvalue weighted by molar-refractivity contribution is 7.92. The highest BCUT2D eigenvalue weighted by atomic mass is 32.2. The molecule has 1 saturated heterocycles. The molecule has 1 unspecified atom stereocenters. The Labute approximate surface area is 158 Å². The van der Waals surface area contributed by atoms with Crippen molar-refractivity contribution in [2.24, 2.45) is 4.99 Å².